The van der Waals surface area contributed by atoms with Gasteiger partial charge in [-0.2, -0.15) is 0 Å². The first-order chi connectivity index (χ1) is 11.1. The standard InChI is InChI=1S/C17H15BrN2O3/c18-12-3-1-2-11(8-12)4-7-16(21)19-13-5-6-15-14(9-13)20-17(22)10-23-15/h1-3,5-6,8-9H,4,7,10H2,(H,19,21)(H,20,22). The van der Waals surface area contributed by atoms with Gasteiger partial charge in [0.1, 0.15) is 5.75 Å². The van der Waals surface area contributed by atoms with E-state index >= 15 is 0 Å². The van der Waals surface area contributed by atoms with Crippen molar-refractivity contribution >= 4 is 39.1 Å². The second kappa shape index (κ2) is 6.83. The highest BCUT2D eigenvalue weighted by molar-refractivity contribution is 9.10. The third-order valence-corrected chi connectivity index (χ3v) is 3.92. The average Bonchev–Trinajstić information content (AvgIpc) is 2.53. The number of hydrogen-bond donors (Lipinski definition) is 2. The van der Waals surface area contributed by atoms with Crippen LogP contribution in [-0.2, 0) is 16.0 Å². The molecule has 6 heteroatoms. The molecular weight excluding hydrogens is 360 g/mol. The van der Waals surface area contributed by atoms with Crippen molar-refractivity contribution in [3.63, 3.8) is 0 Å². The van der Waals surface area contributed by atoms with Crippen LogP contribution in [0.25, 0.3) is 0 Å². The van der Waals surface area contributed by atoms with E-state index in [1.165, 1.54) is 0 Å². The number of nitrogens with one attached hydrogen (secondary N) is 2. The molecule has 0 fully saturated rings. The van der Waals surface area contributed by atoms with E-state index in [0.29, 0.717) is 30.0 Å². The lowest BCUT2D eigenvalue weighted by atomic mass is 10.1. The lowest BCUT2D eigenvalue weighted by Crippen LogP contribution is -2.25. The van der Waals surface area contributed by atoms with Crippen molar-refractivity contribution in [1.29, 1.82) is 0 Å². The van der Waals surface area contributed by atoms with Crippen LogP contribution in [0.5, 0.6) is 5.75 Å². The summed E-state index contributed by atoms with van der Waals surface area (Å²) in [6.07, 6.45) is 1.05. The molecule has 23 heavy (non-hydrogen) atoms. The zero-order valence-electron chi connectivity index (χ0n) is 12.3. The van der Waals surface area contributed by atoms with Crippen LogP contribution < -0.4 is 15.4 Å². The monoisotopic (exact) mass is 374 g/mol. The third-order valence-electron chi connectivity index (χ3n) is 3.43. The minimum absolute atomic E-state index is 0.0192. The van der Waals surface area contributed by atoms with Crippen LogP contribution >= 0.6 is 15.9 Å². The van der Waals surface area contributed by atoms with Gasteiger partial charge in [0.05, 0.1) is 5.69 Å². The number of anilines is 2. The quantitative estimate of drug-likeness (QED) is 0.861. The Morgan fingerprint density at radius 3 is 2.96 bits per heavy atom. The molecule has 0 atom stereocenters. The van der Waals surface area contributed by atoms with Gasteiger partial charge in [-0.1, -0.05) is 28.1 Å². The molecular formula is C17H15BrN2O3. The van der Waals surface area contributed by atoms with Crippen molar-refractivity contribution in [2.45, 2.75) is 12.8 Å². The fraction of sp³-hybridized carbons (Fsp3) is 0.176. The van der Waals surface area contributed by atoms with E-state index in [-0.39, 0.29) is 18.4 Å². The molecule has 0 aromatic heterocycles. The van der Waals surface area contributed by atoms with Crippen LogP contribution in [0, 0.1) is 0 Å². The van der Waals surface area contributed by atoms with Gasteiger partial charge in [0.15, 0.2) is 6.61 Å². The van der Waals surface area contributed by atoms with Crippen molar-refractivity contribution in [2.75, 3.05) is 17.2 Å². The summed E-state index contributed by atoms with van der Waals surface area (Å²) in [6, 6.07) is 13.1. The van der Waals surface area contributed by atoms with Crippen LogP contribution in [0.15, 0.2) is 46.9 Å². The van der Waals surface area contributed by atoms with Crippen LogP contribution in [0.4, 0.5) is 11.4 Å². The molecule has 0 radical (unpaired) electrons. The number of halogens is 1. The molecule has 118 valence electrons. The number of ether oxygens (including phenoxy) is 1. The number of amides is 2. The van der Waals surface area contributed by atoms with Gasteiger partial charge in [-0.05, 0) is 42.3 Å². The summed E-state index contributed by atoms with van der Waals surface area (Å²) >= 11 is 3.42. The minimum Gasteiger partial charge on any atom is -0.482 e. The normalized spacial score (nSPS) is 12.8. The van der Waals surface area contributed by atoms with Gasteiger partial charge in [0.25, 0.3) is 5.91 Å². The molecule has 0 aliphatic carbocycles. The van der Waals surface area contributed by atoms with Crippen LogP contribution in [0.2, 0.25) is 0 Å². The fourth-order valence-electron chi connectivity index (χ4n) is 2.33. The van der Waals surface area contributed by atoms with E-state index in [9.17, 15) is 9.59 Å². The summed E-state index contributed by atoms with van der Waals surface area (Å²) < 4.78 is 6.28. The Balaban J connectivity index is 1.59. The van der Waals surface area contributed by atoms with Gasteiger partial charge in [0, 0.05) is 16.6 Å². The Morgan fingerprint density at radius 2 is 2.13 bits per heavy atom. The van der Waals surface area contributed by atoms with Crippen molar-refractivity contribution in [3.05, 3.63) is 52.5 Å². The van der Waals surface area contributed by atoms with Crippen molar-refractivity contribution < 1.29 is 14.3 Å². The van der Waals surface area contributed by atoms with Gasteiger partial charge in [-0.25, -0.2) is 0 Å². The summed E-state index contributed by atoms with van der Waals surface area (Å²) in [5.41, 5.74) is 2.31. The summed E-state index contributed by atoms with van der Waals surface area (Å²) in [6.45, 7) is 0.0192. The van der Waals surface area contributed by atoms with Crippen LogP contribution in [0.1, 0.15) is 12.0 Å². The molecule has 1 heterocycles. The molecule has 0 unspecified atom stereocenters. The van der Waals surface area contributed by atoms with Crippen molar-refractivity contribution in [1.82, 2.24) is 0 Å². The van der Waals surface area contributed by atoms with Gasteiger partial charge >= 0.3 is 0 Å². The number of hydrogen-bond acceptors (Lipinski definition) is 3. The summed E-state index contributed by atoms with van der Waals surface area (Å²) in [4.78, 5) is 23.4. The molecule has 2 aromatic carbocycles. The molecule has 2 amide bonds. The van der Waals surface area contributed by atoms with E-state index in [0.717, 1.165) is 10.0 Å². The maximum atomic E-state index is 12.1. The number of aryl methyl sites for hydroxylation is 1. The van der Waals surface area contributed by atoms with Crippen molar-refractivity contribution in [2.24, 2.45) is 0 Å². The molecule has 2 N–H and O–H groups in total. The topological polar surface area (TPSA) is 67.4 Å². The lowest BCUT2D eigenvalue weighted by molar-refractivity contribution is -0.118. The zero-order valence-corrected chi connectivity index (χ0v) is 13.9. The highest BCUT2D eigenvalue weighted by atomic mass is 79.9. The molecule has 5 nitrogen and oxygen atoms in total. The summed E-state index contributed by atoms with van der Waals surface area (Å²) in [7, 11) is 0. The highest BCUT2D eigenvalue weighted by Crippen LogP contribution is 2.30. The Hall–Kier alpha value is -2.34. The first-order valence-electron chi connectivity index (χ1n) is 7.21. The number of carbonyl (C=O) groups excluding carboxylic acids is 2. The van der Waals surface area contributed by atoms with Crippen LogP contribution in [-0.4, -0.2) is 18.4 Å². The molecule has 3 rings (SSSR count). The summed E-state index contributed by atoms with van der Waals surface area (Å²) in [5, 5.41) is 5.55. The second-order valence-corrected chi connectivity index (χ2v) is 6.14. The predicted octanol–water partition coefficient (Wildman–Crippen LogP) is 3.35. The number of fused-ring (bicyclic) bond motifs is 1. The van der Waals surface area contributed by atoms with Gasteiger partial charge in [-0.15, -0.1) is 0 Å². The SMILES string of the molecule is O=C(CCc1cccc(Br)c1)Nc1ccc2c(c1)NC(=O)CO2. The molecule has 1 aliphatic rings. The third kappa shape index (κ3) is 4.10. The average molecular weight is 375 g/mol. The Bertz CT molecular complexity index is 761. The largest absolute Gasteiger partial charge is 0.482 e. The maximum absolute atomic E-state index is 12.1. The van der Waals surface area contributed by atoms with E-state index < -0.39 is 0 Å². The van der Waals surface area contributed by atoms with Gasteiger partial charge in [-0.3, -0.25) is 9.59 Å². The smallest absolute Gasteiger partial charge is 0.262 e. The number of carbonyl (C=O) groups is 2. The molecule has 0 bridgehead atoms. The molecule has 0 spiro atoms. The number of benzene rings is 2. The Labute approximate surface area is 142 Å². The maximum Gasteiger partial charge on any atom is 0.262 e. The van der Waals surface area contributed by atoms with Crippen LogP contribution in [0.3, 0.4) is 0 Å². The van der Waals surface area contributed by atoms with Crippen molar-refractivity contribution in [3.8, 4) is 5.75 Å². The first-order valence-corrected chi connectivity index (χ1v) is 8.00. The van der Waals surface area contributed by atoms with E-state index in [2.05, 4.69) is 26.6 Å². The van der Waals surface area contributed by atoms with E-state index in [1.54, 1.807) is 18.2 Å². The predicted molar refractivity (Wildman–Crippen MR) is 91.7 cm³/mol. The molecule has 2 aromatic rings. The molecule has 0 saturated carbocycles. The van der Waals surface area contributed by atoms with Gasteiger partial charge < -0.3 is 15.4 Å². The molecule has 0 saturated heterocycles. The Morgan fingerprint density at radius 1 is 1.26 bits per heavy atom. The lowest BCUT2D eigenvalue weighted by Gasteiger charge is -2.18. The number of rotatable bonds is 4. The van der Waals surface area contributed by atoms with E-state index in [1.807, 2.05) is 24.3 Å². The molecule has 1 aliphatic heterocycles. The minimum atomic E-state index is -0.198. The fourth-order valence-corrected chi connectivity index (χ4v) is 2.78. The highest BCUT2D eigenvalue weighted by Gasteiger charge is 2.16. The summed E-state index contributed by atoms with van der Waals surface area (Å²) in [5.74, 6) is 0.334. The first kappa shape index (κ1) is 15.6. The zero-order chi connectivity index (χ0) is 16.2. The van der Waals surface area contributed by atoms with Gasteiger partial charge in [0.2, 0.25) is 5.91 Å². The van der Waals surface area contributed by atoms with E-state index in [4.69, 9.17) is 4.74 Å². The Kier molecular flexibility index (Phi) is 4.62. The second-order valence-electron chi connectivity index (χ2n) is 5.23.